The Kier molecular flexibility index (Phi) is 9.06. The Morgan fingerprint density at radius 3 is 1.36 bits per heavy atom. The summed E-state index contributed by atoms with van der Waals surface area (Å²) < 4.78 is 11.9. The second-order valence-corrected chi connectivity index (χ2v) is 8.80. The summed E-state index contributed by atoms with van der Waals surface area (Å²) in [6, 6.07) is 23.2. The zero-order valence-corrected chi connectivity index (χ0v) is 20.4. The lowest BCUT2D eigenvalue weighted by atomic mass is 10.1. The molecule has 0 saturated heterocycles. The molecule has 36 heavy (non-hydrogen) atoms. The first-order valence-electron chi connectivity index (χ1n) is 12.6. The molecule has 4 aromatic rings. The zero-order chi connectivity index (χ0) is 25.0. The number of unbranched alkanes of at least 4 members (excludes halogenated alkanes) is 7. The van der Waals surface area contributed by atoms with Crippen molar-refractivity contribution in [2.75, 3.05) is 13.2 Å². The normalized spacial score (nSPS) is 10.7. The third kappa shape index (κ3) is 6.71. The van der Waals surface area contributed by atoms with Crippen LogP contribution >= 0.6 is 0 Å². The number of ether oxygens (including phenoxy) is 2. The number of nitriles is 2. The Morgan fingerprint density at radius 2 is 0.944 bits per heavy atom. The summed E-state index contributed by atoms with van der Waals surface area (Å²) in [6.07, 6.45) is 9.17. The van der Waals surface area contributed by atoms with Crippen molar-refractivity contribution >= 4 is 21.8 Å². The van der Waals surface area contributed by atoms with Gasteiger partial charge in [-0.25, -0.2) is 9.97 Å². The lowest BCUT2D eigenvalue weighted by molar-refractivity contribution is 0.304. The molecule has 2 aromatic heterocycles. The first-order chi connectivity index (χ1) is 17.8. The number of hydrogen-bond acceptors (Lipinski definition) is 6. The Hall–Kier alpha value is -4.16. The first-order valence-corrected chi connectivity index (χ1v) is 12.6. The van der Waals surface area contributed by atoms with Crippen LogP contribution in [-0.4, -0.2) is 23.2 Å². The molecule has 182 valence electrons. The molecule has 0 unspecified atom stereocenters. The van der Waals surface area contributed by atoms with E-state index in [-0.39, 0.29) is 0 Å². The highest BCUT2D eigenvalue weighted by molar-refractivity contribution is 5.85. The van der Waals surface area contributed by atoms with Gasteiger partial charge in [0.05, 0.1) is 13.2 Å². The third-order valence-electron chi connectivity index (χ3n) is 6.15. The number of pyridine rings is 2. The molecule has 0 fully saturated rings. The lowest BCUT2D eigenvalue weighted by Crippen LogP contribution is -1.99. The minimum Gasteiger partial charge on any atom is -0.491 e. The van der Waals surface area contributed by atoms with Gasteiger partial charge in [0.2, 0.25) is 0 Å². The average Bonchev–Trinajstić information content (AvgIpc) is 2.93. The van der Waals surface area contributed by atoms with Gasteiger partial charge in [-0.3, -0.25) is 0 Å². The van der Waals surface area contributed by atoms with Crippen LogP contribution in [0.1, 0.15) is 62.8 Å². The molecule has 0 aliphatic rings. The number of fused-ring (bicyclic) bond motifs is 2. The van der Waals surface area contributed by atoms with Gasteiger partial charge in [0.15, 0.2) is 0 Å². The van der Waals surface area contributed by atoms with E-state index in [4.69, 9.17) is 20.0 Å². The van der Waals surface area contributed by atoms with Gasteiger partial charge in [0, 0.05) is 10.8 Å². The number of benzene rings is 2. The van der Waals surface area contributed by atoms with Crippen LogP contribution in [-0.2, 0) is 0 Å². The topological polar surface area (TPSA) is 91.8 Å². The van der Waals surface area contributed by atoms with Gasteiger partial charge in [-0.05, 0) is 49.2 Å². The van der Waals surface area contributed by atoms with E-state index >= 15 is 0 Å². The highest BCUT2D eigenvalue weighted by atomic mass is 16.5. The van der Waals surface area contributed by atoms with E-state index in [1.54, 1.807) is 12.1 Å². The van der Waals surface area contributed by atoms with Gasteiger partial charge in [-0.2, -0.15) is 10.5 Å². The van der Waals surface area contributed by atoms with Crippen LogP contribution in [0.3, 0.4) is 0 Å². The van der Waals surface area contributed by atoms with E-state index in [0.29, 0.717) is 24.6 Å². The molecule has 0 N–H and O–H groups in total. The van der Waals surface area contributed by atoms with Crippen LogP contribution in [0.15, 0.2) is 60.7 Å². The van der Waals surface area contributed by atoms with Crippen molar-refractivity contribution in [2.24, 2.45) is 0 Å². The van der Waals surface area contributed by atoms with Crippen LogP contribution in [0.25, 0.3) is 21.8 Å². The fourth-order valence-corrected chi connectivity index (χ4v) is 4.23. The molecule has 6 heteroatoms. The second kappa shape index (κ2) is 13.1. The number of nitrogens with zero attached hydrogens (tertiary/aromatic N) is 4. The first kappa shape index (κ1) is 24.9. The summed E-state index contributed by atoms with van der Waals surface area (Å²) in [5.74, 6) is 1.49. The van der Waals surface area contributed by atoms with Gasteiger partial charge in [-0.1, -0.05) is 62.8 Å². The number of rotatable bonds is 13. The van der Waals surface area contributed by atoms with Crippen molar-refractivity contribution < 1.29 is 9.47 Å². The van der Waals surface area contributed by atoms with Crippen LogP contribution in [0.4, 0.5) is 0 Å². The van der Waals surface area contributed by atoms with Gasteiger partial charge in [-0.15, -0.1) is 0 Å². The molecular formula is C30H30N4O2. The largest absolute Gasteiger partial charge is 0.491 e. The maximum absolute atomic E-state index is 9.09. The molecule has 0 atom stereocenters. The summed E-state index contributed by atoms with van der Waals surface area (Å²) in [4.78, 5) is 8.78. The molecule has 2 aromatic carbocycles. The fourth-order valence-electron chi connectivity index (χ4n) is 4.23. The maximum Gasteiger partial charge on any atom is 0.145 e. The predicted molar refractivity (Wildman–Crippen MR) is 141 cm³/mol. The van der Waals surface area contributed by atoms with Crippen molar-refractivity contribution in [3.8, 4) is 23.6 Å². The molecule has 4 rings (SSSR count). The maximum atomic E-state index is 9.09. The quantitative estimate of drug-likeness (QED) is 0.190. The average molecular weight is 479 g/mol. The van der Waals surface area contributed by atoms with E-state index in [1.807, 2.05) is 48.5 Å². The van der Waals surface area contributed by atoms with Crippen LogP contribution < -0.4 is 9.47 Å². The van der Waals surface area contributed by atoms with Crippen molar-refractivity contribution in [1.82, 2.24) is 9.97 Å². The number of aromatic nitrogens is 2. The summed E-state index contributed by atoms with van der Waals surface area (Å²) in [5, 5.41) is 20.2. The SMILES string of the molecule is N#Cc1ccc2cccc(OCCCCCCCCCCOc3cccc4ccc(C#N)nc34)c2n1. The van der Waals surface area contributed by atoms with Gasteiger partial charge in [0.25, 0.3) is 0 Å². The molecular weight excluding hydrogens is 448 g/mol. The second-order valence-electron chi connectivity index (χ2n) is 8.80. The monoisotopic (exact) mass is 478 g/mol. The predicted octanol–water partition coefficient (Wildman–Crippen LogP) is 7.10. The minimum absolute atomic E-state index is 0.407. The highest BCUT2D eigenvalue weighted by Gasteiger charge is 2.06. The molecule has 0 aliphatic carbocycles. The Labute approximate surface area is 212 Å². The summed E-state index contributed by atoms with van der Waals surface area (Å²) in [6.45, 7) is 1.32. The van der Waals surface area contributed by atoms with Gasteiger partial charge in [0.1, 0.15) is 46.1 Å². The molecule has 0 bridgehead atoms. The third-order valence-corrected chi connectivity index (χ3v) is 6.15. The molecule has 6 nitrogen and oxygen atoms in total. The Balaban J connectivity index is 1.06. The lowest BCUT2D eigenvalue weighted by Gasteiger charge is -2.09. The summed E-state index contributed by atoms with van der Waals surface area (Å²) in [7, 11) is 0. The Bertz CT molecular complexity index is 1280. The van der Waals surface area contributed by atoms with E-state index in [0.717, 1.165) is 59.0 Å². The number of para-hydroxylation sites is 2. The van der Waals surface area contributed by atoms with Crippen molar-refractivity contribution in [3.63, 3.8) is 0 Å². The van der Waals surface area contributed by atoms with Crippen molar-refractivity contribution in [2.45, 2.75) is 51.4 Å². The van der Waals surface area contributed by atoms with Crippen molar-refractivity contribution in [3.05, 3.63) is 72.1 Å². The molecule has 2 heterocycles. The highest BCUT2D eigenvalue weighted by Crippen LogP contribution is 2.25. The molecule has 0 aliphatic heterocycles. The van der Waals surface area contributed by atoms with Crippen LogP contribution in [0.2, 0.25) is 0 Å². The van der Waals surface area contributed by atoms with Gasteiger partial charge >= 0.3 is 0 Å². The van der Waals surface area contributed by atoms with Crippen molar-refractivity contribution in [1.29, 1.82) is 10.5 Å². The minimum atomic E-state index is 0.407. The zero-order valence-electron chi connectivity index (χ0n) is 20.4. The molecule has 0 saturated carbocycles. The molecule has 0 spiro atoms. The van der Waals surface area contributed by atoms with E-state index in [9.17, 15) is 0 Å². The standard InChI is InChI=1S/C30H30N4O2/c31-21-25-17-15-23-11-9-13-27(29(23)33-25)35-19-7-5-3-1-2-4-6-8-20-36-28-14-10-12-24-16-18-26(22-32)34-30(24)28/h9-18H,1-8,19-20H2. The van der Waals surface area contributed by atoms with E-state index < -0.39 is 0 Å². The van der Waals surface area contributed by atoms with Crippen LogP contribution in [0, 0.1) is 22.7 Å². The van der Waals surface area contributed by atoms with E-state index in [2.05, 4.69) is 22.1 Å². The van der Waals surface area contributed by atoms with Crippen LogP contribution in [0.5, 0.6) is 11.5 Å². The summed E-state index contributed by atoms with van der Waals surface area (Å²) in [5.41, 5.74) is 2.32. The Morgan fingerprint density at radius 1 is 0.528 bits per heavy atom. The molecule has 0 radical (unpaired) electrons. The number of hydrogen-bond donors (Lipinski definition) is 0. The summed E-state index contributed by atoms with van der Waals surface area (Å²) >= 11 is 0. The van der Waals surface area contributed by atoms with E-state index in [1.165, 1.54) is 25.7 Å². The molecule has 0 amide bonds. The van der Waals surface area contributed by atoms with Gasteiger partial charge < -0.3 is 9.47 Å². The fraction of sp³-hybridized carbons (Fsp3) is 0.333. The smallest absolute Gasteiger partial charge is 0.145 e.